The Morgan fingerprint density at radius 3 is 2.52 bits per heavy atom. The number of carbonyl (C=O) groups is 1. The maximum atomic E-state index is 12.3. The molecule has 1 atom stereocenters. The Morgan fingerprint density at radius 2 is 1.82 bits per heavy atom. The fraction of sp³-hybridized carbons (Fsp3) is 0.154. The van der Waals surface area contributed by atoms with Crippen molar-refractivity contribution in [2.75, 3.05) is 6.61 Å². The minimum atomic E-state index is -0.547. The fourth-order valence-corrected chi connectivity index (χ4v) is 4.17. The lowest BCUT2D eigenvalue weighted by Crippen LogP contribution is -2.22. The molecule has 0 saturated carbocycles. The minimum absolute atomic E-state index is 0.0214. The van der Waals surface area contributed by atoms with Gasteiger partial charge in [-0.1, -0.05) is 59.3 Å². The van der Waals surface area contributed by atoms with Gasteiger partial charge in [0.25, 0.3) is 0 Å². The molecule has 0 amide bonds. The Balaban J connectivity index is 1.52. The Hall–Kier alpha value is -3.76. The van der Waals surface area contributed by atoms with Crippen molar-refractivity contribution in [3.63, 3.8) is 0 Å². The van der Waals surface area contributed by atoms with E-state index in [0.717, 1.165) is 22.0 Å². The Kier molecular flexibility index (Phi) is 6.66. The highest BCUT2D eigenvalue weighted by Gasteiger charge is 2.32. The van der Waals surface area contributed by atoms with E-state index in [0.29, 0.717) is 22.8 Å². The van der Waals surface area contributed by atoms with Crippen LogP contribution in [0.25, 0.3) is 0 Å². The van der Waals surface area contributed by atoms with Gasteiger partial charge in [0.15, 0.2) is 6.61 Å². The van der Waals surface area contributed by atoms with Crippen molar-refractivity contribution in [2.24, 2.45) is 5.73 Å². The van der Waals surface area contributed by atoms with Gasteiger partial charge in [-0.05, 0) is 41.8 Å². The number of fused-ring (bicyclic) bond motifs is 1. The summed E-state index contributed by atoms with van der Waals surface area (Å²) in [5.74, 6) is 0.378. The normalized spacial score (nSPS) is 14.6. The number of nitrogens with two attached hydrogens (primary N) is 1. The van der Waals surface area contributed by atoms with Gasteiger partial charge in [-0.25, -0.2) is 4.79 Å². The van der Waals surface area contributed by atoms with Crippen molar-refractivity contribution in [3.05, 3.63) is 99.3 Å². The molecule has 1 aliphatic heterocycles. The third-order valence-corrected chi connectivity index (χ3v) is 6.05. The molecule has 1 aliphatic rings. The second-order valence-electron chi connectivity index (χ2n) is 7.41. The van der Waals surface area contributed by atoms with Crippen LogP contribution in [0.15, 0.2) is 82.7 Å². The molecular formula is C26H21BrN2O4. The molecule has 3 aromatic carbocycles. The van der Waals surface area contributed by atoms with E-state index >= 15 is 0 Å². The van der Waals surface area contributed by atoms with Crippen molar-refractivity contribution < 1.29 is 19.0 Å². The molecule has 1 unspecified atom stereocenters. The van der Waals surface area contributed by atoms with Gasteiger partial charge in [0.05, 0.1) is 5.92 Å². The van der Waals surface area contributed by atoms with E-state index < -0.39 is 11.9 Å². The zero-order valence-electron chi connectivity index (χ0n) is 17.9. The van der Waals surface area contributed by atoms with Gasteiger partial charge in [0.1, 0.15) is 28.9 Å². The fourth-order valence-electron chi connectivity index (χ4n) is 3.65. The maximum Gasteiger partial charge on any atom is 0.349 e. The van der Waals surface area contributed by atoms with Crippen LogP contribution in [-0.2, 0) is 11.2 Å². The molecule has 0 radical (unpaired) electrons. The quantitative estimate of drug-likeness (QED) is 0.365. The molecule has 33 heavy (non-hydrogen) atoms. The number of nitriles is 1. The zero-order valence-corrected chi connectivity index (χ0v) is 19.5. The number of rotatable bonds is 6. The lowest BCUT2D eigenvalue weighted by Gasteiger charge is -2.27. The summed E-state index contributed by atoms with van der Waals surface area (Å²) in [5.41, 5.74) is 9.20. The van der Waals surface area contributed by atoms with Gasteiger partial charge in [-0.15, -0.1) is 0 Å². The van der Waals surface area contributed by atoms with E-state index in [-0.39, 0.29) is 12.5 Å². The molecule has 3 aromatic rings. The summed E-state index contributed by atoms with van der Waals surface area (Å²) in [4.78, 5) is 12.3. The number of ether oxygens (including phenoxy) is 3. The molecule has 6 nitrogen and oxygen atoms in total. The van der Waals surface area contributed by atoms with Crippen LogP contribution >= 0.6 is 15.9 Å². The van der Waals surface area contributed by atoms with Crippen LogP contribution in [0.4, 0.5) is 0 Å². The number of esters is 1. The average molecular weight is 505 g/mol. The first-order valence-electron chi connectivity index (χ1n) is 10.4. The standard InChI is InChI=1S/C26H21BrN2O4/c1-2-16-7-9-17(10-8-16)31-15-24(30)32-18-11-12-20-23(13-18)33-26(29)21(14-28)25(20)19-5-3-4-6-22(19)27/h3-13,25H,2,15,29H2,1H3. The number of carbonyl (C=O) groups excluding carboxylic acids is 1. The molecule has 0 aromatic heterocycles. The Morgan fingerprint density at radius 1 is 1.09 bits per heavy atom. The van der Waals surface area contributed by atoms with E-state index in [9.17, 15) is 10.1 Å². The molecular weight excluding hydrogens is 484 g/mol. The molecule has 1 heterocycles. The molecule has 0 bridgehead atoms. The van der Waals surface area contributed by atoms with Crippen LogP contribution in [0, 0.1) is 11.3 Å². The van der Waals surface area contributed by atoms with E-state index in [1.807, 2.05) is 48.5 Å². The summed E-state index contributed by atoms with van der Waals surface area (Å²) < 4.78 is 17.5. The molecule has 0 spiro atoms. The van der Waals surface area contributed by atoms with Crippen molar-refractivity contribution in [1.29, 1.82) is 5.26 Å². The summed E-state index contributed by atoms with van der Waals surface area (Å²) in [6, 6.07) is 22.4. The average Bonchev–Trinajstić information content (AvgIpc) is 2.82. The van der Waals surface area contributed by atoms with Gasteiger partial charge in [-0.3, -0.25) is 0 Å². The summed E-state index contributed by atoms with van der Waals surface area (Å²) in [6.45, 7) is 1.84. The summed E-state index contributed by atoms with van der Waals surface area (Å²) >= 11 is 3.56. The number of nitrogens with zero attached hydrogens (tertiary/aromatic N) is 1. The summed E-state index contributed by atoms with van der Waals surface area (Å²) in [6.07, 6.45) is 0.931. The molecule has 2 N–H and O–H groups in total. The number of hydrogen-bond acceptors (Lipinski definition) is 6. The SMILES string of the molecule is CCc1ccc(OCC(=O)Oc2ccc3c(c2)OC(N)=C(C#N)C3c2ccccc2Br)cc1. The van der Waals surface area contributed by atoms with Crippen molar-refractivity contribution in [3.8, 4) is 23.3 Å². The first-order chi connectivity index (χ1) is 16.0. The first kappa shape index (κ1) is 22.4. The van der Waals surface area contributed by atoms with Gasteiger partial charge in [-0.2, -0.15) is 5.26 Å². The van der Waals surface area contributed by atoms with E-state index in [1.54, 1.807) is 18.2 Å². The molecule has 7 heteroatoms. The Labute approximate surface area is 200 Å². The number of allylic oxidation sites excluding steroid dienone is 1. The van der Waals surface area contributed by atoms with Crippen LogP contribution in [0.5, 0.6) is 17.2 Å². The predicted octanol–water partition coefficient (Wildman–Crippen LogP) is 5.21. The van der Waals surface area contributed by atoms with E-state index in [4.69, 9.17) is 19.9 Å². The van der Waals surface area contributed by atoms with Gasteiger partial charge in [0, 0.05) is 16.1 Å². The molecule has 0 aliphatic carbocycles. The maximum absolute atomic E-state index is 12.3. The van der Waals surface area contributed by atoms with Crippen LogP contribution < -0.4 is 19.9 Å². The molecule has 166 valence electrons. The van der Waals surface area contributed by atoms with Crippen LogP contribution in [-0.4, -0.2) is 12.6 Å². The van der Waals surface area contributed by atoms with E-state index in [2.05, 4.69) is 28.9 Å². The van der Waals surface area contributed by atoms with Gasteiger partial charge >= 0.3 is 5.97 Å². The smallest absolute Gasteiger partial charge is 0.349 e. The highest BCUT2D eigenvalue weighted by atomic mass is 79.9. The predicted molar refractivity (Wildman–Crippen MR) is 127 cm³/mol. The minimum Gasteiger partial charge on any atom is -0.482 e. The van der Waals surface area contributed by atoms with Crippen LogP contribution in [0.3, 0.4) is 0 Å². The van der Waals surface area contributed by atoms with Crippen molar-refractivity contribution in [2.45, 2.75) is 19.3 Å². The third-order valence-electron chi connectivity index (χ3n) is 5.33. The second kappa shape index (κ2) is 9.80. The third kappa shape index (κ3) is 4.86. The molecule has 4 rings (SSSR count). The second-order valence-corrected chi connectivity index (χ2v) is 8.26. The number of aryl methyl sites for hydroxylation is 1. The molecule has 0 fully saturated rings. The number of halogens is 1. The topological polar surface area (TPSA) is 94.6 Å². The highest BCUT2D eigenvalue weighted by molar-refractivity contribution is 9.10. The number of benzene rings is 3. The van der Waals surface area contributed by atoms with Crippen molar-refractivity contribution >= 4 is 21.9 Å². The monoisotopic (exact) mass is 504 g/mol. The summed E-state index contributed by atoms with van der Waals surface area (Å²) in [5, 5.41) is 9.70. The largest absolute Gasteiger partial charge is 0.482 e. The van der Waals surface area contributed by atoms with Gasteiger partial charge < -0.3 is 19.9 Å². The number of hydrogen-bond donors (Lipinski definition) is 1. The van der Waals surface area contributed by atoms with Crippen LogP contribution in [0.1, 0.15) is 29.5 Å². The summed E-state index contributed by atoms with van der Waals surface area (Å²) in [7, 11) is 0. The Bertz CT molecular complexity index is 1260. The molecule has 0 saturated heterocycles. The van der Waals surface area contributed by atoms with Gasteiger partial charge in [0.2, 0.25) is 5.88 Å². The highest BCUT2D eigenvalue weighted by Crippen LogP contribution is 2.45. The van der Waals surface area contributed by atoms with Crippen molar-refractivity contribution in [1.82, 2.24) is 0 Å². The lowest BCUT2D eigenvalue weighted by molar-refractivity contribution is -0.136. The van der Waals surface area contributed by atoms with Crippen LogP contribution in [0.2, 0.25) is 0 Å². The first-order valence-corrected chi connectivity index (χ1v) is 11.2. The zero-order chi connectivity index (χ0) is 23.4. The van der Waals surface area contributed by atoms with E-state index in [1.165, 1.54) is 5.56 Å². The lowest BCUT2D eigenvalue weighted by atomic mass is 9.83.